The summed E-state index contributed by atoms with van der Waals surface area (Å²) >= 11 is 0. The number of nitrogens with two attached hydrogens (primary N) is 1. The summed E-state index contributed by atoms with van der Waals surface area (Å²) in [6.07, 6.45) is 1.72. The van der Waals surface area contributed by atoms with Crippen LogP contribution in [0.3, 0.4) is 0 Å². The van der Waals surface area contributed by atoms with Crippen LogP contribution in [0.5, 0.6) is 0 Å². The maximum Gasteiger partial charge on any atom is 0.293 e. The molecule has 1 aromatic carbocycles. The number of amides is 1. The number of carbonyl (C=O) groups is 1. The zero-order valence-electron chi connectivity index (χ0n) is 13.6. The summed E-state index contributed by atoms with van der Waals surface area (Å²) in [6.45, 7) is 2.84. The van der Waals surface area contributed by atoms with Gasteiger partial charge in [-0.2, -0.15) is 5.10 Å². The van der Waals surface area contributed by atoms with Crippen LogP contribution >= 0.6 is 0 Å². The molecule has 0 spiro atoms. The van der Waals surface area contributed by atoms with Crippen molar-refractivity contribution in [2.45, 2.75) is 6.54 Å². The Morgan fingerprint density at radius 2 is 2.16 bits per heavy atom. The highest BCUT2D eigenvalue weighted by atomic mass is 16.6. The minimum atomic E-state index is -0.531. The van der Waals surface area contributed by atoms with Crippen molar-refractivity contribution < 1.29 is 19.2 Å². The predicted octanol–water partition coefficient (Wildman–Crippen LogP) is 0.283. The molecule has 1 saturated heterocycles. The van der Waals surface area contributed by atoms with E-state index < -0.39 is 5.91 Å². The van der Waals surface area contributed by atoms with Crippen molar-refractivity contribution in [3.63, 3.8) is 0 Å². The lowest BCUT2D eigenvalue weighted by atomic mass is 10.2. The Balaban J connectivity index is 1.83. The van der Waals surface area contributed by atoms with E-state index in [-0.39, 0.29) is 23.8 Å². The van der Waals surface area contributed by atoms with Gasteiger partial charge in [-0.05, 0) is 6.07 Å². The molecule has 1 fully saturated rings. The number of hydrogen-bond acceptors (Lipinski definition) is 7. The highest BCUT2D eigenvalue weighted by Gasteiger charge is 2.23. The van der Waals surface area contributed by atoms with Crippen LogP contribution in [-0.4, -0.2) is 60.1 Å². The van der Waals surface area contributed by atoms with Gasteiger partial charge in [0, 0.05) is 30.7 Å². The first-order valence-electron chi connectivity index (χ1n) is 7.89. The van der Waals surface area contributed by atoms with Gasteiger partial charge in [-0.15, -0.1) is 0 Å². The van der Waals surface area contributed by atoms with Gasteiger partial charge in [-0.25, -0.2) is 0 Å². The van der Waals surface area contributed by atoms with Gasteiger partial charge in [-0.3, -0.25) is 19.6 Å². The molecule has 1 amide bonds. The first-order valence-corrected chi connectivity index (χ1v) is 7.89. The molecule has 134 valence electrons. The Kier molecular flexibility index (Phi) is 5.10. The molecule has 0 unspecified atom stereocenters. The van der Waals surface area contributed by atoms with Crippen LogP contribution < -0.4 is 10.6 Å². The number of carbonyl (C=O) groups excluding carboxylic acids is 1. The first kappa shape index (κ1) is 17.1. The number of primary amides is 1. The van der Waals surface area contributed by atoms with E-state index in [2.05, 4.69) is 5.10 Å². The Morgan fingerprint density at radius 3 is 2.84 bits per heavy atom. The van der Waals surface area contributed by atoms with Crippen LogP contribution in [0.2, 0.25) is 0 Å². The molecule has 1 aliphatic heterocycles. The predicted molar refractivity (Wildman–Crippen MR) is 89.4 cm³/mol. The van der Waals surface area contributed by atoms with E-state index in [1.54, 1.807) is 16.9 Å². The molecule has 0 radical (unpaired) electrons. The van der Waals surface area contributed by atoms with Gasteiger partial charge in [-0.1, -0.05) is 0 Å². The fraction of sp³-hybridized carbons (Fsp3) is 0.467. The minimum Gasteiger partial charge on any atom is -0.378 e. The van der Waals surface area contributed by atoms with Crippen LogP contribution in [0, 0.1) is 10.1 Å². The number of nitro groups is 1. The number of aromatic nitrogens is 2. The third-order valence-corrected chi connectivity index (χ3v) is 3.91. The van der Waals surface area contributed by atoms with Crippen LogP contribution in [0.4, 0.5) is 11.4 Å². The summed E-state index contributed by atoms with van der Waals surface area (Å²) in [6, 6.07) is 3.27. The Morgan fingerprint density at radius 1 is 1.40 bits per heavy atom. The number of anilines is 1. The number of benzene rings is 1. The largest absolute Gasteiger partial charge is 0.378 e. The number of ether oxygens (including phenoxy) is 2. The molecule has 3 rings (SSSR count). The molecule has 2 N–H and O–H groups in total. The number of rotatable bonds is 7. The lowest BCUT2D eigenvalue weighted by Crippen LogP contribution is -2.36. The van der Waals surface area contributed by atoms with E-state index in [1.807, 2.05) is 4.90 Å². The number of morpholine rings is 1. The van der Waals surface area contributed by atoms with E-state index in [1.165, 1.54) is 6.07 Å². The van der Waals surface area contributed by atoms with Crippen LogP contribution in [0.25, 0.3) is 10.9 Å². The van der Waals surface area contributed by atoms with E-state index >= 15 is 0 Å². The second kappa shape index (κ2) is 7.45. The summed E-state index contributed by atoms with van der Waals surface area (Å²) in [5.41, 5.74) is 6.28. The molecule has 0 bridgehead atoms. The van der Waals surface area contributed by atoms with Gasteiger partial charge in [0.1, 0.15) is 12.3 Å². The minimum absolute atomic E-state index is 0.0546. The average molecular weight is 349 g/mol. The monoisotopic (exact) mass is 349 g/mol. The van der Waals surface area contributed by atoms with Gasteiger partial charge in [0.05, 0.1) is 36.8 Å². The molecule has 0 aliphatic carbocycles. The third-order valence-electron chi connectivity index (χ3n) is 3.91. The summed E-state index contributed by atoms with van der Waals surface area (Å²) in [4.78, 5) is 23.6. The Labute approximate surface area is 143 Å². The fourth-order valence-electron chi connectivity index (χ4n) is 2.75. The maximum atomic E-state index is 11.4. The van der Waals surface area contributed by atoms with Gasteiger partial charge < -0.3 is 20.1 Å². The van der Waals surface area contributed by atoms with Crippen LogP contribution in [0.15, 0.2) is 18.3 Å². The number of nitrogens with zero attached hydrogens (tertiary/aromatic N) is 4. The molecular formula is C15H19N5O5. The molecule has 0 atom stereocenters. The van der Waals surface area contributed by atoms with Crippen molar-refractivity contribution in [3.05, 3.63) is 28.4 Å². The molecule has 1 aliphatic rings. The Bertz CT molecular complexity index is 784. The van der Waals surface area contributed by atoms with Crippen molar-refractivity contribution in [2.24, 2.45) is 5.73 Å². The van der Waals surface area contributed by atoms with E-state index in [4.69, 9.17) is 15.2 Å². The second-order valence-corrected chi connectivity index (χ2v) is 5.67. The topological polar surface area (TPSA) is 126 Å². The van der Waals surface area contributed by atoms with Crippen molar-refractivity contribution in [1.82, 2.24) is 9.78 Å². The highest BCUT2D eigenvalue weighted by Crippen LogP contribution is 2.33. The summed E-state index contributed by atoms with van der Waals surface area (Å²) in [5.74, 6) is -0.531. The number of hydrogen-bond donors (Lipinski definition) is 1. The van der Waals surface area contributed by atoms with Gasteiger partial charge in [0.15, 0.2) is 0 Å². The van der Waals surface area contributed by atoms with Crippen molar-refractivity contribution in [1.29, 1.82) is 0 Å². The third kappa shape index (κ3) is 4.03. The van der Waals surface area contributed by atoms with Gasteiger partial charge in [0.25, 0.3) is 5.69 Å². The van der Waals surface area contributed by atoms with Gasteiger partial charge >= 0.3 is 0 Å². The van der Waals surface area contributed by atoms with E-state index in [0.717, 1.165) is 0 Å². The maximum absolute atomic E-state index is 11.4. The summed E-state index contributed by atoms with van der Waals surface area (Å²) in [7, 11) is 0. The molecule has 1 aromatic heterocycles. The Hall–Kier alpha value is -2.72. The van der Waals surface area contributed by atoms with Crippen molar-refractivity contribution in [2.75, 3.05) is 44.4 Å². The van der Waals surface area contributed by atoms with E-state index in [0.29, 0.717) is 49.4 Å². The average Bonchev–Trinajstić information content (AvgIpc) is 3.00. The highest BCUT2D eigenvalue weighted by molar-refractivity contribution is 5.87. The zero-order chi connectivity index (χ0) is 17.8. The molecule has 2 heterocycles. The molecule has 10 nitrogen and oxygen atoms in total. The van der Waals surface area contributed by atoms with Crippen LogP contribution in [0.1, 0.15) is 0 Å². The molecule has 2 aromatic rings. The normalized spacial score (nSPS) is 14.8. The lowest BCUT2D eigenvalue weighted by Gasteiger charge is -2.28. The zero-order valence-corrected chi connectivity index (χ0v) is 13.6. The van der Waals surface area contributed by atoms with Gasteiger partial charge in [0.2, 0.25) is 5.91 Å². The summed E-state index contributed by atoms with van der Waals surface area (Å²) < 4.78 is 12.1. The lowest BCUT2D eigenvalue weighted by molar-refractivity contribution is -0.384. The smallest absolute Gasteiger partial charge is 0.293 e. The van der Waals surface area contributed by atoms with Crippen molar-refractivity contribution in [3.8, 4) is 0 Å². The number of fused-ring (bicyclic) bond motifs is 1. The fourth-order valence-corrected chi connectivity index (χ4v) is 2.75. The van der Waals surface area contributed by atoms with Crippen LogP contribution in [-0.2, 0) is 20.8 Å². The van der Waals surface area contributed by atoms with E-state index in [9.17, 15) is 14.9 Å². The first-order chi connectivity index (χ1) is 12.0. The summed E-state index contributed by atoms with van der Waals surface area (Å²) in [5, 5.41) is 16.6. The molecule has 0 saturated carbocycles. The molecule has 25 heavy (non-hydrogen) atoms. The standard InChI is InChI=1S/C15H19N5O5/c16-15(21)10-25-6-3-19-9-11-7-14(20(22)23)13(8-12(11)17-19)18-1-4-24-5-2-18/h7-9H,1-6,10H2,(H2,16,21). The molecule has 10 heteroatoms. The SMILES string of the molecule is NC(=O)COCCn1cc2cc([N+](=O)[O-])c(N3CCOCC3)cc2n1. The number of nitro benzene ring substituents is 1. The van der Waals surface area contributed by atoms with Crippen molar-refractivity contribution >= 4 is 28.2 Å². The quantitative estimate of drug-likeness (QED) is 0.432. The molecular weight excluding hydrogens is 330 g/mol. The second-order valence-electron chi connectivity index (χ2n) is 5.67.